The van der Waals surface area contributed by atoms with E-state index in [2.05, 4.69) is 26.1 Å². The predicted octanol–water partition coefficient (Wildman–Crippen LogP) is 3.72. The first-order valence-corrected chi connectivity index (χ1v) is 7.39. The van der Waals surface area contributed by atoms with Gasteiger partial charge in [0.2, 0.25) is 5.91 Å². The van der Waals surface area contributed by atoms with Crippen LogP contribution in [0.2, 0.25) is 0 Å². The topological polar surface area (TPSA) is 55.1 Å². The zero-order valence-corrected chi connectivity index (χ0v) is 13.2. The first kappa shape index (κ1) is 16.7. The van der Waals surface area contributed by atoms with Gasteiger partial charge in [0, 0.05) is 12.1 Å². The zero-order valence-electron chi connectivity index (χ0n) is 13.2. The summed E-state index contributed by atoms with van der Waals surface area (Å²) in [5.41, 5.74) is 7.93. The van der Waals surface area contributed by atoms with Gasteiger partial charge in [-0.1, -0.05) is 38.5 Å². The summed E-state index contributed by atoms with van der Waals surface area (Å²) in [6, 6.07) is 7.88. The Labute approximate surface area is 122 Å². The zero-order chi connectivity index (χ0) is 15.2. The molecule has 0 spiro atoms. The van der Waals surface area contributed by atoms with Crippen molar-refractivity contribution in [3.63, 3.8) is 0 Å². The number of hydrogen-bond donors (Lipinski definition) is 2. The van der Waals surface area contributed by atoms with Gasteiger partial charge >= 0.3 is 0 Å². The molecule has 1 amide bonds. The molecule has 1 aromatic rings. The summed E-state index contributed by atoms with van der Waals surface area (Å²) in [5.74, 6) is 0.566. The molecule has 3 heteroatoms. The number of amides is 1. The quantitative estimate of drug-likeness (QED) is 0.832. The van der Waals surface area contributed by atoms with Crippen LogP contribution in [0.25, 0.3) is 0 Å². The lowest BCUT2D eigenvalue weighted by atomic mass is 9.76. The summed E-state index contributed by atoms with van der Waals surface area (Å²) in [7, 11) is 0. The highest BCUT2D eigenvalue weighted by atomic mass is 16.1. The van der Waals surface area contributed by atoms with Crippen LogP contribution in [0.1, 0.15) is 45.6 Å². The summed E-state index contributed by atoms with van der Waals surface area (Å²) in [5, 5.41) is 2.95. The predicted molar refractivity (Wildman–Crippen MR) is 85.7 cm³/mol. The van der Waals surface area contributed by atoms with Gasteiger partial charge in [0.25, 0.3) is 0 Å². The molecule has 1 unspecified atom stereocenters. The van der Waals surface area contributed by atoms with Gasteiger partial charge in [-0.15, -0.1) is 0 Å². The Balaban J connectivity index is 2.47. The van der Waals surface area contributed by atoms with Crippen LogP contribution in [-0.2, 0) is 4.79 Å². The Kier molecular flexibility index (Phi) is 6.21. The molecule has 0 fully saturated rings. The van der Waals surface area contributed by atoms with Gasteiger partial charge in [0.15, 0.2) is 0 Å². The number of aryl methyl sites for hydroxylation is 1. The minimum absolute atomic E-state index is 0.0834. The molecule has 0 aliphatic rings. The van der Waals surface area contributed by atoms with Gasteiger partial charge in [0.1, 0.15) is 0 Å². The number of nitrogens with two attached hydrogens (primary N) is 1. The molecular weight excluding hydrogens is 248 g/mol. The van der Waals surface area contributed by atoms with E-state index < -0.39 is 0 Å². The summed E-state index contributed by atoms with van der Waals surface area (Å²) < 4.78 is 0. The number of carbonyl (C=O) groups is 1. The number of rotatable bonds is 6. The first-order chi connectivity index (χ1) is 9.32. The monoisotopic (exact) mass is 276 g/mol. The maximum atomic E-state index is 12.0. The van der Waals surface area contributed by atoms with Gasteiger partial charge in [-0.05, 0) is 49.8 Å². The van der Waals surface area contributed by atoms with E-state index in [1.54, 1.807) is 0 Å². The molecule has 1 aromatic carbocycles. The minimum Gasteiger partial charge on any atom is -0.330 e. The number of nitrogens with one attached hydrogen (secondary N) is 1. The van der Waals surface area contributed by atoms with E-state index in [-0.39, 0.29) is 11.3 Å². The van der Waals surface area contributed by atoms with E-state index in [0.29, 0.717) is 18.9 Å². The highest BCUT2D eigenvalue weighted by Gasteiger charge is 2.24. The fourth-order valence-corrected chi connectivity index (χ4v) is 2.38. The maximum Gasteiger partial charge on any atom is 0.224 e. The molecule has 1 rings (SSSR count). The van der Waals surface area contributed by atoms with E-state index in [9.17, 15) is 4.79 Å². The third-order valence-corrected chi connectivity index (χ3v) is 3.80. The van der Waals surface area contributed by atoms with Gasteiger partial charge < -0.3 is 11.1 Å². The van der Waals surface area contributed by atoms with Crippen molar-refractivity contribution in [2.24, 2.45) is 17.1 Å². The molecule has 0 bridgehead atoms. The molecule has 0 aliphatic carbocycles. The number of anilines is 1. The lowest BCUT2D eigenvalue weighted by Gasteiger charge is -2.30. The fourth-order valence-electron chi connectivity index (χ4n) is 2.38. The normalized spacial score (nSPS) is 13.1. The lowest BCUT2D eigenvalue weighted by molar-refractivity contribution is -0.116. The van der Waals surface area contributed by atoms with Gasteiger partial charge in [-0.2, -0.15) is 0 Å². The van der Waals surface area contributed by atoms with Crippen molar-refractivity contribution >= 4 is 11.6 Å². The Bertz CT molecular complexity index is 418. The Morgan fingerprint density at radius 1 is 1.20 bits per heavy atom. The molecule has 3 N–H and O–H groups in total. The SMILES string of the molecule is Cc1ccc(NC(=O)CCC(CCN)C(C)(C)C)cc1. The molecule has 0 heterocycles. The molecule has 3 nitrogen and oxygen atoms in total. The third-order valence-electron chi connectivity index (χ3n) is 3.80. The van der Waals surface area contributed by atoms with Crippen molar-refractivity contribution in [2.45, 2.75) is 47.0 Å². The van der Waals surface area contributed by atoms with E-state index >= 15 is 0 Å². The van der Waals surface area contributed by atoms with Crippen molar-refractivity contribution in [3.05, 3.63) is 29.8 Å². The molecule has 112 valence electrons. The van der Waals surface area contributed by atoms with E-state index in [1.807, 2.05) is 31.2 Å². The van der Waals surface area contributed by atoms with Crippen LogP contribution in [0.4, 0.5) is 5.69 Å². The standard InChI is InChI=1S/C17H28N2O/c1-13-5-8-15(9-6-13)19-16(20)10-7-14(11-12-18)17(2,3)4/h5-6,8-9,14H,7,10-12,18H2,1-4H3,(H,19,20). The molecule has 0 saturated carbocycles. The second-order valence-corrected chi connectivity index (χ2v) is 6.59. The number of hydrogen-bond acceptors (Lipinski definition) is 2. The molecule has 0 aromatic heterocycles. The fraction of sp³-hybridized carbons (Fsp3) is 0.588. The van der Waals surface area contributed by atoms with Crippen LogP contribution in [-0.4, -0.2) is 12.5 Å². The van der Waals surface area contributed by atoms with Crippen LogP contribution in [0.15, 0.2) is 24.3 Å². The molecule has 0 aliphatic heterocycles. The average molecular weight is 276 g/mol. The van der Waals surface area contributed by atoms with Crippen LogP contribution in [0.5, 0.6) is 0 Å². The summed E-state index contributed by atoms with van der Waals surface area (Å²) in [4.78, 5) is 12.0. The lowest BCUT2D eigenvalue weighted by Crippen LogP contribution is -2.25. The van der Waals surface area contributed by atoms with Crippen LogP contribution < -0.4 is 11.1 Å². The Hall–Kier alpha value is -1.35. The minimum atomic E-state index is 0.0834. The summed E-state index contributed by atoms with van der Waals surface area (Å²) >= 11 is 0. The van der Waals surface area contributed by atoms with Crippen LogP contribution in [0.3, 0.4) is 0 Å². The van der Waals surface area contributed by atoms with Gasteiger partial charge in [0.05, 0.1) is 0 Å². The number of carbonyl (C=O) groups excluding carboxylic acids is 1. The molecule has 20 heavy (non-hydrogen) atoms. The maximum absolute atomic E-state index is 12.0. The van der Waals surface area contributed by atoms with Gasteiger partial charge in [-0.25, -0.2) is 0 Å². The highest BCUT2D eigenvalue weighted by Crippen LogP contribution is 2.32. The van der Waals surface area contributed by atoms with E-state index in [0.717, 1.165) is 18.5 Å². The second kappa shape index (κ2) is 7.44. The van der Waals surface area contributed by atoms with Crippen molar-refractivity contribution in [3.8, 4) is 0 Å². The molecule has 0 radical (unpaired) electrons. The smallest absolute Gasteiger partial charge is 0.224 e. The molecule has 1 atom stereocenters. The largest absolute Gasteiger partial charge is 0.330 e. The van der Waals surface area contributed by atoms with E-state index in [4.69, 9.17) is 5.73 Å². The van der Waals surface area contributed by atoms with Crippen molar-refractivity contribution < 1.29 is 4.79 Å². The second-order valence-electron chi connectivity index (χ2n) is 6.59. The number of benzene rings is 1. The Morgan fingerprint density at radius 3 is 2.30 bits per heavy atom. The first-order valence-electron chi connectivity index (χ1n) is 7.39. The summed E-state index contributed by atoms with van der Waals surface area (Å²) in [6.45, 7) is 9.36. The molecule has 0 saturated heterocycles. The molecular formula is C17H28N2O. The van der Waals surface area contributed by atoms with E-state index in [1.165, 1.54) is 5.56 Å². The highest BCUT2D eigenvalue weighted by molar-refractivity contribution is 5.90. The average Bonchev–Trinajstić information content (AvgIpc) is 2.36. The van der Waals surface area contributed by atoms with Crippen LogP contribution in [0, 0.1) is 18.3 Å². The summed E-state index contributed by atoms with van der Waals surface area (Å²) in [6.07, 6.45) is 2.41. The van der Waals surface area contributed by atoms with Gasteiger partial charge in [-0.3, -0.25) is 4.79 Å². The van der Waals surface area contributed by atoms with Crippen molar-refractivity contribution in [1.29, 1.82) is 0 Å². The van der Waals surface area contributed by atoms with Crippen molar-refractivity contribution in [1.82, 2.24) is 0 Å². The van der Waals surface area contributed by atoms with Crippen LogP contribution >= 0.6 is 0 Å². The van der Waals surface area contributed by atoms with Crippen molar-refractivity contribution in [2.75, 3.05) is 11.9 Å². The Morgan fingerprint density at radius 2 is 1.80 bits per heavy atom. The third kappa shape index (κ3) is 5.74.